The van der Waals surface area contributed by atoms with E-state index in [0.717, 1.165) is 16.7 Å². The number of hydrogen-bond acceptors (Lipinski definition) is 5. The highest BCUT2D eigenvalue weighted by molar-refractivity contribution is 6.31. The first kappa shape index (κ1) is 23.0. The van der Waals surface area contributed by atoms with Gasteiger partial charge in [0.2, 0.25) is 5.76 Å². The molecule has 4 aromatic rings. The van der Waals surface area contributed by atoms with E-state index >= 15 is 0 Å². The molecule has 2 heterocycles. The summed E-state index contributed by atoms with van der Waals surface area (Å²) in [5.74, 6) is -0.109. The Labute approximate surface area is 207 Å². The Morgan fingerprint density at radius 1 is 1.09 bits per heavy atom. The molecule has 1 aromatic heterocycles. The zero-order valence-corrected chi connectivity index (χ0v) is 20.3. The summed E-state index contributed by atoms with van der Waals surface area (Å²) in [5, 5.41) is 11.2. The maximum absolute atomic E-state index is 13.9. The second kappa shape index (κ2) is 8.78. The number of amides is 1. The summed E-state index contributed by atoms with van der Waals surface area (Å²) in [6.07, 6.45) is 0. The van der Waals surface area contributed by atoms with E-state index in [1.807, 2.05) is 45.0 Å². The first-order chi connectivity index (χ1) is 16.8. The maximum Gasteiger partial charge on any atom is 0.291 e. The summed E-state index contributed by atoms with van der Waals surface area (Å²) in [7, 11) is 0. The van der Waals surface area contributed by atoms with Crippen molar-refractivity contribution in [1.29, 1.82) is 0 Å². The topological polar surface area (TPSA) is 80.0 Å². The van der Waals surface area contributed by atoms with Crippen LogP contribution in [0.3, 0.4) is 0 Å². The molecule has 0 saturated heterocycles. The Kier molecular flexibility index (Phi) is 5.77. The number of halogens is 1. The molecule has 35 heavy (non-hydrogen) atoms. The average Bonchev–Trinajstić information content (AvgIpc) is 3.10. The number of hydrogen-bond donors (Lipinski definition) is 1. The fourth-order valence-electron chi connectivity index (χ4n) is 4.77. The predicted molar refractivity (Wildman–Crippen MR) is 134 cm³/mol. The van der Waals surface area contributed by atoms with Gasteiger partial charge >= 0.3 is 0 Å². The summed E-state index contributed by atoms with van der Waals surface area (Å²) >= 11 is 6.42. The van der Waals surface area contributed by atoms with Crippen LogP contribution in [-0.2, 0) is 6.54 Å². The molecule has 0 fully saturated rings. The third kappa shape index (κ3) is 3.84. The molecular weight excluding hydrogens is 466 g/mol. The number of ether oxygens (including phenoxy) is 1. The summed E-state index contributed by atoms with van der Waals surface area (Å²) in [4.78, 5) is 29.2. The SMILES string of the molecule is CCOc1cc([C@@H]2c3c(oc4c(C)cc(C)cc4c3=O)C(=O)N2Cc2ccccc2Cl)ccc1O. The molecule has 1 aliphatic rings. The highest BCUT2D eigenvalue weighted by Gasteiger charge is 2.43. The van der Waals surface area contributed by atoms with Crippen LogP contribution in [0.4, 0.5) is 0 Å². The van der Waals surface area contributed by atoms with Crippen molar-refractivity contribution in [2.75, 3.05) is 6.61 Å². The highest BCUT2D eigenvalue weighted by atomic mass is 35.5. The predicted octanol–water partition coefficient (Wildman–Crippen LogP) is 5.91. The van der Waals surface area contributed by atoms with Crippen LogP contribution in [0.5, 0.6) is 11.5 Å². The Bertz CT molecular complexity index is 1540. The van der Waals surface area contributed by atoms with Gasteiger partial charge in [-0.05, 0) is 67.3 Å². The largest absolute Gasteiger partial charge is 0.504 e. The van der Waals surface area contributed by atoms with Crippen molar-refractivity contribution in [2.24, 2.45) is 0 Å². The number of fused-ring (bicyclic) bond motifs is 2. The maximum atomic E-state index is 13.9. The van der Waals surface area contributed by atoms with Gasteiger partial charge in [0.1, 0.15) is 5.58 Å². The zero-order chi connectivity index (χ0) is 24.9. The lowest BCUT2D eigenvalue weighted by Gasteiger charge is -2.26. The molecule has 0 spiro atoms. The molecule has 1 N–H and O–H groups in total. The van der Waals surface area contributed by atoms with Gasteiger partial charge in [0.25, 0.3) is 5.91 Å². The van der Waals surface area contributed by atoms with Crippen LogP contribution in [0, 0.1) is 13.8 Å². The molecule has 0 unspecified atom stereocenters. The van der Waals surface area contributed by atoms with Gasteiger partial charge in [-0.3, -0.25) is 9.59 Å². The van der Waals surface area contributed by atoms with Gasteiger partial charge in [-0.25, -0.2) is 0 Å². The molecule has 1 aliphatic heterocycles. The summed E-state index contributed by atoms with van der Waals surface area (Å²) in [6, 6.07) is 15.1. The Hall–Kier alpha value is -3.77. The number of aryl methyl sites for hydroxylation is 2. The third-order valence-electron chi connectivity index (χ3n) is 6.30. The third-order valence-corrected chi connectivity index (χ3v) is 6.66. The van der Waals surface area contributed by atoms with Crippen LogP contribution in [0.15, 0.2) is 63.8 Å². The standard InChI is InChI=1S/C28H24ClNO5/c1-4-34-22-13-17(9-10-21(22)31)24-23-25(32)19-12-15(2)11-16(3)26(19)35-27(23)28(33)30(24)14-18-7-5-6-8-20(18)29/h5-13,24,31H,4,14H2,1-3H3/t24-/m1/s1. The average molecular weight is 490 g/mol. The van der Waals surface area contributed by atoms with Gasteiger partial charge < -0.3 is 19.2 Å². The molecule has 6 nitrogen and oxygen atoms in total. The highest BCUT2D eigenvalue weighted by Crippen LogP contribution is 2.42. The van der Waals surface area contributed by atoms with Crippen molar-refractivity contribution in [3.8, 4) is 11.5 Å². The quantitative estimate of drug-likeness (QED) is 0.377. The van der Waals surface area contributed by atoms with Crippen LogP contribution < -0.4 is 10.2 Å². The van der Waals surface area contributed by atoms with Crippen molar-refractivity contribution in [3.05, 3.63) is 103 Å². The number of carbonyl (C=O) groups excluding carboxylic acids is 1. The van der Waals surface area contributed by atoms with Gasteiger partial charge in [-0.2, -0.15) is 0 Å². The number of phenols is 1. The van der Waals surface area contributed by atoms with E-state index in [4.69, 9.17) is 20.8 Å². The zero-order valence-electron chi connectivity index (χ0n) is 19.6. The number of phenolic OH excluding ortho intramolecular Hbond substituents is 1. The number of rotatable bonds is 5. The number of aromatic hydroxyl groups is 1. The lowest BCUT2D eigenvalue weighted by molar-refractivity contribution is 0.0714. The molecule has 0 radical (unpaired) electrons. The second-order valence-electron chi connectivity index (χ2n) is 8.72. The van der Waals surface area contributed by atoms with Crippen molar-refractivity contribution in [1.82, 2.24) is 4.90 Å². The smallest absolute Gasteiger partial charge is 0.291 e. The number of carbonyl (C=O) groups is 1. The Morgan fingerprint density at radius 3 is 2.60 bits per heavy atom. The fourth-order valence-corrected chi connectivity index (χ4v) is 4.96. The summed E-state index contributed by atoms with van der Waals surface area (Å²) in [5.41, 5.74) is 3.52. The van der Waals surface area contributed by atoms with E-state index in [0.29, 0.717) is 28.2 Å². The molecule has 7 heteroatoms. The lowest BCUT2D eigenvalue weighted by atomic mass is 9.97. The molecule has 0 saturated carbocycles. The molecule has 1 amide bonds. The summed E-state index contributed by atoms with van der Waals surface area (Å²) in [6.45, 7) is 6.12. The van der Waals surface area contributed by atoms with Gasteiger partial charge in [0.05, 0.1) is 23.6 Å². The lowest BCUT2D eigenvalue weighted by Crippen LogP contribution is -2.29. The van der Waals surface area contributed by atoms with Gasteiger partial charge in [-0.15, -0.1) is 0 Å². The minimum Gasteiger partial charge on any atom is -0.504 e. The van der Waals surface area contributed by atoms with Crippen LogP contribution in [0.1, 0.15) is 51.3 Å². The molecule has 0 bridgehead atoms. The van der Waals surface area contributed by atoms with Crippen molar-refractivity contribution >= 4 is 28.5 Å². The molecular formula is C28H24ClNO5. The van der Waals surface area contributed by atoms with Crippen LogP contribution >= 0.6 is 11.6 Å². The molecule has 3 aromatic carbocycles. The number of nitrogens with zero attached hydrogens (tertiary/aromatic N) is 1. The van der Waals surface area contributed by atoms with Crippen molar-refractivity contribution < 1.29 is 19.1 Å². The van der Waals surface area contributed by atoms with Crippen molar-refractivity contribution in [2.45, 2.75) is 33.4 Å². The first-order valence-electron chi connectivity index (χ1n) is 11.4. The minimum atomic E-state index is -0.741. The van der Waals surface area contributed by atoms with E-state index in [1.165, 1.54) is 6.07 Å². The van der Waals surface area contributed by atoms with E-state index in [9.17, 15) is 14.7 Å². The second-order valence-corrected chi connectivity index (χ2v) is 9.13. The Morgan fingerprint density at radius 2 is 1.86 bits per heavy atom. The molecule has 1 atom stereocenters. The van der Waals surface area contributed by atoms with E-state index < -0.39 is 11.9 Å². The van der Waals surface area contributed by atoms with E-state index in [2.05, 4.69) is 0 Å². The monoisotopic (exact) mass is 489 g/mol. The van der Waals surface area contributed by atoms with Gasteiger partial charge in [0.15, 0.2) is 16.9 Å². The fraction of sp³-hybridized carbons (Fsp3) is 0.214. The molecule has 178 valence electrons. The van der Waals surface area contributed by atoms with Crippen molar-refractivity contribution in [3.63, 3.8) is 0 Å². The van der Waals surface area contributed by atoms with E-state index in [-0.39, 0.29) is 34.8 Å². The van der Waals surface area contributed by atoms with Crippen LogP contribution in [0.2, 0.25) is 5.02 Å². The van der Waals surface area contributed by atoms with Gasteiger partial charge in [-0.1, -0.05) is 41.9 Å². The normalized spacial score (nSPS) is 15.0. The number of benzene rings is 3. The van der Waals surface area contributed by atoms with Crippen LogP contribution in [0.25, 0.3) is 11.0 Å². The van der Waals surface area contributed by atoms with E-state index in [1.54, 1.807) is 29.2 Å². The van der Waals surface area contributed by atoms with Gasteiger partial charge in [0, 0.05) is 11.6 Å². The first-order valence-corrected chi connectivity index (χ1v) is 11.8. The molecule has 0 aliphatic carbocycles. The minimum absolute atomic E-state index is 0.0189. The summed E-state index contributed by atoms with van der Waals surface area (Å²) < 4.78 is 11.7. The van der Waals surface area contributed by atoms with Crippen LogP contribution in [-0.4, -0.2) is 22.5 Å². The molecule has 5 rings (SSSR count). The Balaban J connectivity index is 1.76.